The lowest BCUT2D eigenvalue weighted by Crippen LogP contribution is -2.49. The minimum absolute atomic E-state index is 0.0969. The highest BCUT2D eigenvalue weighted by molar-refractivity contribution is 6.30. The van der Waals surface area contributed by atoms with Crippen LogP contribution in [-0.4, -0.2) is 77.1 Å². The molecule has 176 valence electrons. The second-order valence-electron chi connectivity index (χ2n) is 9.23. The third kappa shape index (κ3) is 5.03. The summed E-state index contributed by atoms with van der Waals surface area (Å²) in [6.45, 7) is 11.4. The van der Waals surface area contributed by atoms with Crippen molar-refractivity contribution >= 4 is 29.1 Å². The number of nitrogens with zero attached hydrogens (tertiary/aromatic N) is 5. The molecule has 3 saturated heterocycles. The Kier molecular flexibility index (Phi) is 6.32. The van der Waals surface area contributed by atoms with Crippen LogP contribution in [0.3, 0.4) is 0 Å². The lowest BCUT2D eigenvalue weighted by atomic mass is 10.1. The summed E-state index contributed by atoms with van der Waals surface area (Å²) >= 11 is 6.38. The Morgan fingerprint density at radius 3 is 2.61 bits per heavy atom. The van der Waals surface area contributed by atoms with Crippen molar-refractivity contribution in [3.05, 3.63) is 53.3 Å². The number of carbonyl (C=O) groups excluding carboxylic acids is 1. The van der Waals surface area contributed by atoms with Crippen LogP contribution in [0.25, 0.3) is 0 Å². The predicted molar refractivity (Wildman–Crippen MR) is 130 cm³/mol. The van der Waals surface area contributed by atoms with Crippen LogP contribution in [0.1, 0.15) is 25.3 Å². The van der Waals surface area contributed by atoms with Crippen molar-refractivity contribution in [2.75, 3.05) is 49.5 Å². The number of hydrogen-bond acceptors (Lipinski definition) is 6. The van der Waals surface area contributed by atoms with Crippen LogP contribution in [0, 0.1) is 0 Å². The van der Waals surface area contributed by atoms with Gasteiger partial charge in [-0.3, -0.25) is 4.90 Å². The average molecular weight is 471 g/mol. The lowest BCUT2D eigenvalue weighted by molar-refractivity contribution is 0.0304. The smallest absolute Gasteiger partial charge is 0.344 e. The zero-order chi connectivity index (χ0) is 22.9. The minimum atomic E-state index is -0.0969. The van der Waals surface area contributed by atoms with Crippen LogP contribution in [0.2, 0.25) is 5.02 Å². The van der Waals surface area contributed by atoms with Gasteiger partial charge in [0.2, 0.25) is 0 Å². The Morgan fingerprint density at radius 1 is 1.18 bits per heavy atom. The Labute approximate surface area is 199 Å². The van der Waals surface area contributed by atoms with Gasteiger partial charge in [-0.05, 0) is 37.5 Å². The van der Waals surface area contributed by atoms with Crippen molar-refractivity contribution < 1.29 is 9.53 Å². The van der Waals surface area contributed by atoms with E-state index >= 15 is 0 Å². The van der Waals surface area contributed by atoms with E-state index in [1.54, 1.807) is 12.3 Å². The van der Waals surface area contributed by atoms with Crippen molar-refractivity contribution in [2.24, 2.45) is 0 Å². The summed E-state index contributed by atoms with van der Waals surface area (Å²) < 4.78 is 7.42. The third-order valence-electron chi connectivity index (χ3n) is 6.59. The molecule has 1 N–H and O–H groups in total. The number of rotatable bonds is 5. The second kappa shape index (κ2) is 9.37. The number of anilines is 2. The summed E-state index contributed by atoms with van der Waals surface area (Å²) in [5.74, 6) is 0.626. The van der Waals surface area contributed by atoms with Gasteiger partial charge in [0, 0.05) is 74.5 Å². The summed E-state index contributed by atoms with van der Waals surface area (Å²) in [5.41, 5.74) is 3.28. The van der Waals surface area contributed by atoms with Crippen LogP contribution < -0.4 is 10.2 Å². The Hall–Kier alpha value is -2.55. The van der Waals surface area contributed by atoms with E-state index in [-0.39, 0.29) is 6.03 Å². The van der Waals surface area contributed by atoms with Gasteiger partial charge in [0.25, 0.3) is 0 Å². The predicted octanol–water partition coefficient (Wildman–Crippen LogP) is 3.64. The molecule has 0 spiro atoms. The number of fused-ring (bicyclic) bond motifs is 2. The average Bonchev–Trinajstić information content (AvgIpc) is 3.40. The number of hydrogen-bond donors (Lipinski definition) is 1. The highest BCUT2D eigenvalue weighted by Gasteiger charge is 2.34. The van der Waals surface area contributed by atoms with E-state index < -0.39 is 0 Å². The maximum atomic E-state index is 12.9. The van der Waals surface area contributed by atoms with Gasteiger partial charge in [-0.2, -0.15) is 4.68 Å². The molecule has 1 amide bonds. The zero-order valence-electron chi connectivity index (χ0n) is 19.0. The third-order valence-corrected chi connectivity index (χ3v) is 6.83. The highest BCUT2D eigenvalue weighted by Crippen LogP contribution is 2.33. The van der Waals surface area contributed by atoms with Gasteiger partial charge in [0.15, 0.2) is 5.82 Å². The first-order chi connectivity index (χ1) is 15.9. The molecule has 9 heteroatoms. The van der Waals surface area contributed by atoms with Crippen molar-refractivity contribution in [2.45, 2.75) is 38.5 Å². The molecule has 0 aliphatic carbocycles. The van der Waals surface area contributed by atoms with Gasteiger partial charge in [0.1, 0.15) is 0 Å². The number of nitrogens with one attached hydrogen (secondary N) is 1. The Bertz CT molecular complexity index is 1020. The topological polar surface area (TPSA) is 65.9 Å². The minimum Gasteiger partial charge on any atom is -0.371 e. The van der Waals surface area contributed by atoms with Crippen molar-refractivity contribution in [3.63, 3.8) is 0 Å². The Balaban J connectivity index is 1.20. The molecule has 8 nitrogen and oxygen atoms in total. The SMILES string of the molecule is C=C(C)Nc1ccn(C(=O)N2CCN(Cc3ccc(Cl)cc3N3CC4CCC(C3)O4)CC2)n1. The van der Waals surface area contributed by atoms with Crippen molar-refractivity contribution in [1.29, 1.82) is 0 Å². The molecule has 0 saturated carbocycles. The van der Waals surface area contributed by atoms with E-state index in [1.165, 1.54) is 15.9 Å². The largest absolute Gasteiger partial charge is 0.371 e. The van der Waals surface area contributed by atoms with Crippen LogP contribution in [0.4, 0.5) is 16.3 Å². The molecule has 2 atom stereocenters. The maximum Gasteiger partial charge on any atom is 0.344 e. The summed E-state index contributed by atoms with van der Waals surface area (Å²) in [6.07, 6.45) is 4.65. The molecule has 5 rings (SSSR count). The molecule has 33 heavy (non-hydrogen) atoms. The number of morpholine rings is 1. The van der Waals surface area contributed by atoms with Crippen LogP contribution in [0.15, 0.2) is 42.7 Å². The molecule has 2 bridgehead atoms. The fourth-order valence-electron chi connectivity index (χ4n) is 4.98. The maximum absolute atomic E-state index is 12.9. The number of halogens is 1. The van der Waals surface area contributed by atoms with Gasteiger partial charge in [0.05, 0.1) is 12.2 Å². The van der Waals surface area contributed by atoms with Gasteiger partial charge in [-0.1, -0.05) is 24.2 Å². The molecule has 0 radical (unpaired) electrons. The molecule has 2 aromatic rings. The van der Waals surface area contributed by atoms with E-state index in [9.17, 15) is 4.79 Å². The second-order valence-corrected chi connectivity index (χ2v) is 9.67. The van der Waals surface area contributed by atoms with E-state index in [1.807, 2.05) is 17.9 Å². The fourth-order valence-corrected chi connectivity index (χ4v) is 5.14. The number of ether oxygens (including phenoxy) is 1. The summed E-state index contributed by atoms with van der Waals surface area (Å²) in [4.78, 5) is 19.6. The monoisotopic (exact) mass is 470 g/mol. The number of aromatic nitrogens is 2. The van der Waals surface area contributed by atoms with E-state index in [0.717, 1.165) is 56.3 Å². The summed E-state index contributed by atoms with van der Waals surface area (Å²) in [7, 11) is 0. The number of amides is 1. The number of carbonyl (C=O) groups is 1. The van der Waals surface area contributed by atoms with Crippen LogP contribution >= 0.6 is 11.6 Å². The number of piperazine rings is 1. The summed E-state index contributed by atoms with van der Waals surface area (Å²) in [5, 5.41) is 8.12. The normalized spacial score (nSPS) is 23.1. The molecule has 1 aromatic heterocycles. The fraction of sp³-hybridized carbons (Fsp3) is 0.500. The van der Waals surface area contributed by atoms with E-state index in [2.05, 4.69) is 38.9 Å². The van der Waals surface area contributed by atoms with Crippen molar-refractivity contribution in [3.8, 4) is 0 Å². The number of benzene rings is 1. The molecule has 4 heterocycles. The van der Waals surface area contributed by atoms with Gasteiger partial charge >= 0.3 is 6.03 Å². The lowest BCUT2D eigenvalue weighted by Gasteiger charge is -2.37. The van der Waals surface area contributed by atoms with Gasteiger partial charge in [-0.25, -0.2) is 4.79 Å². The van der Waals surface area contributed by atoms with Crippen molar-refractivity contribution in [1.82, 2.24) is 19.6 Å². The molecular weight excluding hydrogens is 440 g/mol. The molecular formula is C24H31ClN6O2. The van der Waals surface area contributed by atoms with Gasteiger partial charge in [-0.15, -0.1) is 5.10 Å². The van der Waals surface area contributed by atoms with Crippen LogP contribution in [0.5, 0.6) is 0 Å². The Morgan fingerprint density at radius 2 is 1.91 bits per heavy atom. The quantitative estimate of drug-likeness (QED) is 0.719. The van der Waals surface area contributed by atoms with Gasteiger partial charge < -0.3 is 19.9 Å². The zero-order valence-corrected chi connectivity index (χ0v) is 19.8. The first-order valence-electron chi connectivity index (χ1n) is 11.6. The first kappa shape index (κ1) is 22.3. The highest BCUT2D eigenvalue weighted by atomic mass is 35.5. The molecule has 3 aliphatic heterocycles. The standard InChI is InChI=1S/C24H31ClN6O2/c1-17(2)26-23-7-8-31(27-23)24(32)29-11-9-28(10-12-29)14-18-3-4-19(25)13-22(18)30-15-20-5-6-21(16-30)33-20/h3-4,7-8,13,20-21H,1,5-6,9-12,14-16H2,2H3,(H,26,27). The molecule has 2 unspecified atom stereocenters. The molecule has 3 fully saturated rings. The van der Waals surface area contributed by atoms with E-state index in [4.69, 9.17) is 16.3 Å². The molecule has 3 aliphatic rings. The molecule has 1 aromatic carbocycles. The number of allylic oxidation sites excluding steroid dienone is 1. The first-order valence-corrected chi connectivity index (χ1v) is 12.0. The van der Waals surface area contributed by atoms with Crippen LogP contribution in [-0.2, 0) is 11.3 Å². The summed E-state index contributed by atoms with van der Waals surface area (Å²) in [6, 6.07) is 7.90. The van der Waals surface area contributed by atoms with E-state index in [0.29, 0.717) is 31.1 Å².